The van der Waals surface area contributed by atoms with Crippen LogP contribution in [0.25, 0.3) is 36.5 Å². The zero-order chi connectivity index (χ0) is 51.3. The van der Waals surface area contributed by atoms with E-state index in [9.17, 15) is 24.0 Å². The van der Waals surface area contributed by atoms with Gasteiger partial charge >= 0.3 is 11.9 Å². The molecule has 8 rings (SSSR count). The number of ketones is 3. The average molecular weight is 947 g/mol. The van der Waals surface area contributed by atoms with E-state index in [4.69, 9.17) is 10.2 Å². The van der Waals surface area contributed by atoms with Crippen molar-refractivity contribution in [3.05, 3.63) is 324 Å². The molecule has 0 aliphatic heterocycles. The zero-order valence-corrected chi connectivity index (χ0v) is 39.5. The Morgan fingerprint density at radius 2 is 0.361 bits per heavy atom. The number of allylic oxidation sites excluding steroid dienone is 6. The summed E-state index contributed by atoms with van der Waals surface area (Å²) in [6.45, 7) is 0. The lowest BCUT2D eigenvalue weighted by molar-refractivity contribution is -0.111. The number of benzene rings is 8. The van der Waals surface area contributed by atoms with Crippen molar-refractivity contribution in [1.82, 2.24) is 0 Å². The number of carboxylic acids is 2. The number of aromatic carboxylic acids is 2. The van der Waals surface area contributed by atoms with Gasteiger partial charge < -0.3 is 10.2 Å². The van der Waals surface area contributed by atoms with Crippen molar-refractivity contribution in [2.45, 2.75) is 0 Å². The van der Waals surface area contributed by atoms with Crippen molar-refractivity contribution in [2.24, 2.45) is 0 Å². The lowest BCUT2D eigenvalue weighted by Crippen LogP contribution is -1.93. The number of carboxylic acid groups (broad SMARTS) is 2. The molecule has 0 unspecified atom stereocenters. The molecule has 0 saturated carbocycles. The van der Waals surface area contributed by atoms with E-state index in [1.54, 1.807) is 97.1 Å². The van der Waals surface area contributed by atoms with Crippen LogP contribution in [0.15, 0.2) is 279 Å². The molecule has 0 radical (unpaired) electrons. The number of carbonyl (C=O) groups is 5. The quantitative estimate of drug-likeness (QED) is 0.104. The molecular formula is C65H54O7. The van der Waals surface area contributed by atoms with E-state index in [2.05, 4.69) is 0 Å². The van der Waals surface area contributed by atoms with Gasteiger partial charge in [0.05, 0.1) is 11.1 Å². The second-order valence-corrected chi connectivity index (χ2v) is 15.0. The molecule has 0 atom stereocenters. The number of carbonyl (C=O) groups excluding carboxylic acids is 3. The van der Waals surface area contributed by atoms with E-state index in [0.717, 1.165) is 33.4 Å². The summed E-state index contributed by atoms with van der Waals surface area (Å²) < 4.78 is 0. The Kier molecular flexibility index (Phi) is 25.5. The van der Waals surface area contributed by atoms with Gasteiger partial charge in [-0.2, -0.15) is 0 Å². The van der Waals surface area contributed by atoms with Gasteiger partial charge in [-0.3, -0.25) is 14.4 Å². The maximum atomic E-state index is 11.6. The van der Waals surface area contributed by atoms with E-state index in [-0.39, 0.29) is 17.3 Å². The first-order chi connectivity index (χ1) is 35.1. The van der Waals surface area contributed by atoms with Gasteiger partial charge in [0, 0.05) is 0 Å². The van der Waals surface area contributed by atoms with Crippen LogP contribution in [0.4, 0.5) is 0 Å². The molecule has 0 saturated heterocycles. The molecular weight excluding hydrogens is 893 g/mol. The maximum Gasteiger partial charge on any atom is 0.335 e. The maximum absolute atomic E-state index is 11.6. The Morgan fingerprint density at radius 3 is 0.486 bits per heavy atom. The highest BCUT2D eigenvalue weighted by Crippen LogP contribution is 2.07. The zero-order valence-electron chi connectivity index (χ0n) is 39.5. The summed E-state index contributed by atoms with van der Waals surface area (Å²) in [6, 6.07) is 75.2. The van der Waals surface area contributed by atoms with Crippen LogP contribution in [-0.2, 0) is 14.4 Å². The van der Waals surface area contributed by atoms with Gasteiger partial charge in [0.15, 0.2) is 17.3 Å². The Hall–Kier alpha value is -9.85. The fraction of sp³-hybridized carbons (Fsp3) is 0. The summed E-state index contributed by atoms with van der Waals surface area (Å²) in [4.78, 5) is 55.3. The lowest BCUT2D eigenvalue weighted by Gasteiger charge is -1.91. The predicted molar refractivity (Wildman–Crippen MR) is 295 cm³/mol. The third-order valence-electron chi connectivity index (χ3n) is 9.48. The van der Waals surface area contributed by atoms with Crippen molar-refractivity contribution < 1.29 is 34.2 Å². The summed E-state index contributed by atoms with van der Waals surface area (Å²) in [5.74, 6) is -1.79. The molecule has 356 valence electrons. The smallest absolute Gasteiger partial charge is 0.335 e. The molecule has 0 aliphatic carbocycles. The summed E-state index contributed by atoms with van der Waals surface area (Å²) in [5.41, 5.74) is 6.82. The Balaban J connectivity index is 0.000000201. The average Bonchev–Trinajstić information content (AvgIpc) is 3.44. The molecule has 0 fully saturated rings. The molecule has 0 aliphatic rings. The van der Waals surface area contributed by atoms with Gasteiger partial charge in [-0.1, -0.05) is 255 Å². The van der Waals surface area contributed by atoms with Crippen LogP contribution in [0.3, 0.4) is 0 Å². The van der Waals surface area contributed by atoms with Crippen LogP contribution < -0.4 is 0 Å². The first-order valence-corrected chi connectivity index (χ1v) is 22.7. The number of hydrogen-bond acceptors (Lipinski definition) is 5. The predicted octanol–water partition coefficient (Wildman–Crippen LogP) is 14.7. The van der Waals surface area contributed by atoms with Crippen molar-refractivity contribution >= 4 is 65.7 Å². The highest BCUT2D eigenvalue weighted by molar-refractivity contribution is 6.05. The van der Waals surface area contributed by atoms with Crippen molar-refractivity contribution in [3.63, 3.8) is 0 Å². The summed E-state index contributed by atoms with van der Waals surface area (Å²) in [7, 11) is 0. The van der Waals surface area contributed by atoms with Crippen LogP contribution in [0.1, 0.15) is 54.1 Å². The Labute approximate surface area is 421 Å². The minimum Gasteiger partial charge on any atom is -0.478 e. The van der Waals surface area contributed by atoms with Crippen molar-refractivity contribution in [1.29, 1.82) is 0 Å². The Morgan fingerprint density at radius 1 is 0.222 bits per heavy atom. The molecule has 72 heavy (non-hydrogen) atoms. The molecule has 0 aromatic heterocycles. The molecule has 0 amide bonds. The van der Waals surface area contributed by atoms with Crippen LogP contribution in [0.2, 0.25) is 0 Å². The normalized spacial score (nSPS) is 10.6. The molecule has 7 heteroatoms. The summed E-state index contributed by atoms with van der Waals surface area (Å²) in [6.07, 6.45) is 20.4. The number of rotatable bonds is 14. The molecule has 8 aromatic carbocycles. The molecule has 0 bridgehead atoms. The van der Waals surface area contributed by atoms with Gasteiger partial charge in [0.1, 0.15) is 0 Å². The van der Waals surface area contributed by atoms with Gasteiger partial charge in [0.2, 0.25) is 0 Å². The Bertz CT molecular complexity index is 2540. The van der Waals surface area contributed by atoms with E-state index in [1.165, 1.54) is 0 Å². The van der Waals surface area contributed by atoms with Crippen molar-refractivity contribution in [2.75, 3.05) is 0 Å². The highest BCUT2D eigenvalue weighted by Gasteiger charge is 1.98. The fourth-order valence-corrected chi connectivity index (χ4v) is 5.78. The van der Waals surface area contributed by atoms with Crippen molar-refractivity contribution in [3.8, 4) is 0 Å². The van der Waals surface area contributed by atoms with E-state index < -0.39 is 11.9 Å². The van der Waals surface area contributed by atoms with Gasteiger partial charge in [-0.15, -0.1) is 0 Å². The van der Waals surface area contributed by atoms with E-state index >= 15 is 0 Å². The minimum atomic E-state index is -0.879. The topological polar surface area (TPSA) is 126 Å². The fourth-order valence-electron chi connectivity index (χ4n) is 5.78. The molecule has 0 heterocycles. The molecule has 0 spiro atoms. The summed E-state index contributed by atoms with van der Waals surface area (Å²) in [5, 5.41) is 16.8. The summed E-state index contributed by atoms with van der Waals surface area (Å²) >= 11 is 0. The van der Waals surface area contributed by atoms with Crippen LogP contribution in [-0.4, -0.2) is 39.5 Å². The minimum absolute atomic E-state index is 0.0114. The molecule has 7 nitrogen and oxygen atoms in total. The van der Waals surface area contributed by atoms with Crippen LogP contribution >= 0.6 is 0 Å². The molecule has 8 aromatic rings. The second-order valence-electron chi connectivity index (χ2n) is 15.0. The number of hydrogen-bond donors (Lipinski definition) is 2. The first kappa shape index (κ1) is 54.8. The van der Waals surface area contributed by atoms with Gasteiger partial charge in [-0.05, 0) is 94.1 Å². The van der Waals surface area contributed by atoms with Gasteiger partial charge in [-0.25, -0.2) is 9.59 Å². The standard InChI is InChI=1S/3C17H14O.2C7H6O2/c3*18-17(13-11-15-7-3-1-4-8-15)14-12-16-9-5-2-6-10-16;2*8-7(9)6-4-2-1-3-5-6/h3*1-14H;2*1-5H,(H,8,9). The first-order valence-electron chi connectivity index (χ1n) is 22.7. The monoisotopic (exact) mass is 946 g/mol. The van der Waals surface area contributed by atoms with Crippen LogP contribution in [0, 0.1) is 0 Å². The van der Waals surface area contributed by atoms with Gasteiger partial charge in [0.25, 0.3) is 0 Å². The van der Waals surface area contributed by atoms with E-state index in [0.29, 0.717) is 11.1 Å². The lowest BCUT2D eigenvalue weighted by atomic mass is 10.1. The largest absolute Gasteiger partial charge is 0.478 e. The SMILES string of the molecule is O=C(C=Cc1ccccc1)C=Cc1ccccc1.O=C(C=Cc1ccccc1)C=Cc1ccccc1.O=C(C=Cc1ccccc1)C=Cc1ccccc1.O=C(O)c1ccccc1.O=C(O)c1ccccc1. The van der Waals surface area contributed by atoms with Crippen LogP contribution in [0.5, 0.6) is 0 Å². The third-order valence-corrected chi connectivity index (χ3v) is 9.48. The molecule has 2 N–H and O–H groups in total. The third kappa shape index (κ3) is 24.8. The highest BCUT2D eigenvalue weighted by atomic mass is 16.4. The second kappa shape index (κ2) is 33.6. The van der Waals surface area contributed by atoms with E-state index in [1.807, 2.05) is 218 Å².